The molecule has 1 atom stereocenters. The van der Waals surface area contributed by atoms with E-state index in [0.29, 0.717) is 18.2 Å². The van der Waals surface area contributed by atoms with E-state index >= 15 is 0 Å². The molecule has 1 amide bonds. The van der Waals surface area contributed by atoms with Crippen molar-refractivity contribution in [2.45, 2.75) is 26.3 Å². The molecule has 0 saturated carbocycles. The molecule has 104 valence electrons. The maximum absolute atomic E-state index is 11.8. The number of hydrogen-bond acceptors (Lipinski definition) is 3. The quantitative estimate of drug-likeness (QED) is 0.700. The van der Waals surface area contributed by atoms with E-state index in [9.17, 15) is 9.59 Å². The minimum Gasteiger partial charge on any atom is -0.480 e. The van der Waals surface area contributed by atoms with Gasteiger partial charge < -0.3 is 15.7 Å². The number of benzene rings is 1. The van der Waals surface area contributed by atoms with Crippen molar-refractivity contribution >= 4 is 17.6 Å². The van der Waals surface area contributed by atoms with Crippen LogP contribution in [0.5, 0.6) is 0 Å². The van der Waals surface area contributed by atoms with Gasteiger partial charge in [-0.1, -0.05) is 32.0 Å². The Morgan fingerprint density at radius 3 is 2.37 bits per heavy atom. The van der Waals surface area contributed by atoms with Crippen LogP contribution >= 0.6 is 0 Å². The molecule has 0 aliphatic rings. The molecule has 0 saturated heterocycles. The molecule has 3 N–H and O–H groups in total. The zero-order valence-electron chi connectivity index (χ0n) is 11.2. The maximum atomic E-state index is 11.8. The van der Waals surface area contributed by atoms with E-state index in [4.69, 9.17) is 5.11 Å². The van der Waals surface area contributed by atoms with Crippen LogP contribution < -0.4 is 10.6 Å². The molecule has 0 aromatic heterocycles. The predicted molar refractivity (Wildman–Crippen MR) is 74.0 cm³/mol. The summed E-state index contributed by atoms with van der Waals surface area (Å²) in [5, 5.41) is 14.6. The molecule has 0 heterocycles. The Kier molecular flexibility index (Phi) is 6.02. The highest BCUT2D eigenvalue weighted by molar-refractivity contribution is 5.93. The number of carboxylic acid groups (broad SMARTS) is 1. The summed E-state index contributed by atoms with van der Waals surface area (Å²) < 4.78 is 0. The Morgan fingerprint density at radius 2 is 1.84 bits per heavy atom. The fourth-order valence-corrected chi connectivity index (χ4v) is 1.54. The largest absolute Gasteiger partial charge is 0.480 e. The van der Waals surface area contributed by atoms with Crippen LogP contribution in [0.1, 0.15) is 20.3 Å². The predicted octanol–water partition coefficient (Wildman–Crippen LogP) is 1.71. The van der Waals surface area contributed by atoms with Crippen LogP contribution in [0.25, 0.3) is 0 Å². The standard InChI is InChI=1S/C14H20N2O3/c1-10(2)9-15-12(14(18)19)8-13(17)16-11-6-4-3-5-7-11/h3-7,10,12,15H,8-9H2,1-2H3,(H,16,17)(H,18,19)/t12-/m1/s1. The summed E-state index contributed by atoms with van der Waals surface area (Å²) in [7, 11) is 0. The first-order chi connectivity index (χ1) is 8.99. The van der Waals surface area contributed by atoms with Crippen LogP contribution in [0.4, 0.5) is 5.69 Å². The van der Waals surface area contributed by atoms with Crippen LogP contribution in [0, 0.1) is 5.92 Å². The van der Waals surface area contributed by atoms with Gasteiger partial charge in [0.25, 0.3) is 0 Å². The summed E-state index contributed by atoms with van der Waals surface area (Å²) in [6.07, 6.45) is -0.0864. The second-order valence-corrected chi connectivity index (χ2v) is 4.81. The zero-order chi connectivity index (χ0) is 14.3. The summed E-state index contributed by atoms with van der Waals surface area (Å²) in [4.78, 5) is 22.8. The minimum atomic E-state index is -1.01. The van der Waals surface area contributed by atoms with E-state index in [1.54, 1.807) is 24.3 Å². The molecule has 0 fully saturated rings. The van der Waals surface area contributed by atoms with Crippen molar-refractivity contribution in [3.05, 3.63) is 30.3 Å². The second kappa shape index (κ2) is 7.53. The molecule has 0 spiro atoms. The number of carbonyl (C=O) groups is 2. The molecule has 0 aliphatic heterocycles. The van der Waals surface area contributed by atoms with Crippen molar-refractivity contribution in [3.63, 3.8) is 0 Å². The molecule has 0 aliphatic carbocycles. The second-order valence-electron chi connectivity index (χ2n) is 4.81. The lowest BCUT2D eigenvalue weighted by atomic mass is 10.1. The van der Waals surface area contributed by atoms with Gasteiger partial charge >= 0.3 is 5.97 Å². The van der Waals surface area contributed by atoms with Crippen LogP contribution in [0.2, 0.25) is 0 Å². The van der Waals surface area contributed by atoms with Gasteiger partial charge in [-0.05, 0) is 24.6 Å². The van der Waals surface area contributed by atoms with E-state index in [0.717, 1.165) is 0 Å². The smallest absolute Gasteiger partial charge is 0.321 e. The van der Waals surface area contributed by atoms with E-state index in [1.165, 1.54) is 0 Å². The summed E-state index contributed by atoms with van der Waals surface area (Å²) in [6, 6.07) is 8.12. The maximum Gasteiger partial charge on any atom is 0.321 e. The van der Waals surface area contributed by atoms with Crippen molar-refractivity contribution < 1.29 is 14.7 Å². The summed E-state index contributed by atoms with van der Waals surface area (Å²) >= 11 is 0. The molecular formula is C14H20N2O3. The first-order valence-electron chi connectivity index (χ1n) is 6.30. The highest BCUT2D eigenvalue weighted by Crippen LogP contribution is 2.06. The molecule has 0 radical (unpaired) electrons. The van der Waals surface area contributed by atoms with Crippen molar-refractivity contribution in [1.29, 1.82) is 0 Å². The molecular weight excluding hydrogens is 244 g/mol. The van der Waals surface area contributed by atoms with E-state index in [-0.39, 0.29) is 12.3 Å². The third kappa shape index (κ3) is 6.01. The van der Waals surface area contributed by atoms with Crippen molar-refractivity contribution in [2.24, 2.45) is 5.92 Å². The Morgan fingerprint density at radius 1 is 1.21 bits per heavy atom. The van der Waals surface area contributed by atoms with Crippen molar-refractivity contribution in [1.82, 2.24) is 5.32 Å². The van der Waals surface area contributed by atoms with Gasteiger partial charge in [0.05, 0.1) is 6.42 Å². The topological polar surface area (TPSA) is 78.4 Å². The van der Waals surface area contributed by atoms with Gasteiger partial charge in [0, 0.05) is 5.69 Å². The molecule has 5 nitrogen and oxygen atoms in total. The molecule has 1 aromatic rings. The first-order valence-corrected chi connectivity index (χ1v) is 6.30. The number of hydrogen-bond donors (Lipinski definition) is 3. The molecule has 0 bridgehead atoms. The van der Waals surface area contributed by atoms with Gasteiger partial charge in [0.1, 0.15) is 6.04 Å². The summed E-state index contributed by atoms with van der Waals surface area (Å²) in [5.41, 5.74) is 0.667. The third-order valence-electron chi connectivity index (χ3n) is 2.52. The summed E-state index contributed by atoms with van der Waals surface area (Å²) in [5.74, 6) is -0.988. The van der Waals surface area contributed by atoms with Crippen LogP contribution in [-0.4, -0.2) is 29.6 Å². The van der Waals surface area contributed by atoms with Crippen molar-refractivity contribution in [3.8, 4) is 0 Å². The number of para-hydroxylation sites is 1. The third-order valence-corrected chi connectivity index (χ3v) is 2.52. The number of nitrogens with one attached hydrogen (secondary N) is 2. The number of anilines is 1. The Hall–Kier alpha value is -1.88. The van der Waals surface area contributed by atoms with Crippen molar-refractivity contribution in [2.75, 3.05) is 11.9 Å². The lowest BCUT2D eigenvalue weighted by Gasteiger charge is -2.15. The fourth-order valence-electron chi connectivity index (χ4n) is 1.54. The van der Waals surface area contributed by atoms with Gasteiger partial charge in [-0.25, -0.2) is 0 Å². The van der Waals surface area contributed by atoms with Gasteiger partial charge in [-0.2, -0.15) is 0 Å². The molecule has 5 heteroatoms. The minimum absolute atomic E-state index is 0.0864. The Labute approximate surface area is 113 Å². The van der Waals surface area contributed by atoms with Crippen LogP contribution in [0.15, 0.2) is 30.3 Å². The normalized spacial score (nSPS) is 12.2. The average molecular weight is 264 g/mol. The number of carbonyl (C=O) groups excluding carboxylic acids is 1. The average Bonchev–Trinajstić information content (AvgIpc) is 2.35. The number of carboxylic acids is 1. The lowest BCUT2D eigenvalue weighted by molar-refractivity contribution is -0.141. The van der Waals surface area contributed by atoms with Gasteiger partial charge in [0.15, 0.2) is 0 Å². The van der Waals surface area contributed by atoms with Gasteiger partial charge in [-0.15, -0.1) is 0 Å². The van der Waals surface area contributed by atoms with E-state index in [2.05, 4.69) is 10.6 Å². The molecule has 0 unspecified atom stereocenters. The molecule has 1 rings (SSSR count). The highest BCUT2D eigenvalue weighted by atomic mass is 16.4. The number of aliphatic carboxylic acids is 1. The van der Waals surface area contributed by atoms with Crippen LogP contribution in [0.3, 0.4) is 0 Å². The SMILES string of the molecule is CC(C)CN[C@H](CC(=O)Nc1ccccc1)C(=O)O. The number of rotatable bonds is 7. The van der Waals surface area contributed by atoms with E-state index < -0.39 is 12.0 Å². The zero-order valence-corrected chi connectivity index (χ0v) is 11.2. The monoisotopic (exact) mass is 264 g/mol. The Balaban J connectivity index is 2.49. The first kappa shape index (κ1) is 15.2. The molecule has 1 aromatic carbocycles. The number of amides is 1. The molecule has 19 heavy (non-hydrogen) atoms. The van der Waals surface area contributed by atoms with Crippen LogP contribution in [-0.2, 0) is 9.59 Å². The fraction of sp³-hybridized carbons (Fsp3) is 0.429. The Bertz CT molecular complexity index is 418. The van der Waals surface area contributed by atoms with Gasteiger partial charge in [0.2, 0.25) is 5.91 Å². The van der Waals surface area contributed by atoms with Gasteiger partial charge in [-0.3, -0.25) is 9.59 Å². The lowest BCUT2D eigenvalue weighted by Crippen LogP contribution is -2.41. The summed E-state index contributed by atoms with van der Waals surface area (Å²) in [6.45, 7) is 4.53. The highest BCUT2D eigenvalue weighted by Gasteiger charge is 2.20. The van der Waals surface area contributed by atoms with E-state index in [1.807, 2.05) is 19.9 Å².